The molecule has 2 heterocycles. The highest BCUT2D eigenvalue weighted by Crippen LogP contribution is 2.33. The van der Waals surface area contributed by atoms with E-state index in [4.69, 9.17) is 19.9 Å². The molecular weight excluding hydrogens is 376 g/mol. The Morgan fingerprint density at radius 3 is 2.59 bits per heavy atom. The Labute approximate surface area is 170 Å². The fourth-order valence-corrected chi connectivity index (χ4v) is 3.43. The van der Waals surface area contributed by atoms with E-state index in [2.05, 4.69) is 38.7 Å². The van der Waals surface area contributed by atoms with Crippen molar-refractivity contribution >= 4 is 12.0 Å². The van der Waals surface area contributed by atoms with Crippen molar-refractivity contribution in [1.82, 2.24) is 9.55 Å². The van der Waals surface area contributed by atoms with Crippen molar-refractivity contribution in [1.29, 1.82) is 5.26 Å². The van der Waals surface area contributed by atoms with Gasteiger partial charge in [-0.05, 0) is 37.2 Å². The minimum absolute atomic E-state index is 0.0548. The van der Waals surface area contributed by atoms with Gasteiger partial charge < -0.3 is 19.9 Å². The van der Waals surface area contributed by atoms with Gasteiger partial charge in [-0.15, -0.1) is 0 Å². The first kappa shape index (κ1) is 22.7. The highest BCUT2D eigenvalue weighted by atomic mass is 16.7. The lowest BCUT2D eigenvalue weighted by Gasteiger charge is -2.21. The molecular formula is C20H30N4O5. The first-order valence-electron chi connectivity index (χ1n) is 9.92. The van der Waals surface area contributed by atoms with E-state index in [1.54, 1.807) is 0 Å². The second-order valence-electron chi connectivity index (χ2n) is 8.22. The Balaban J connectivity index is 1.93. The van der Waals surface area contributed by atoms with Crippen LogP contribution in [0.5, 0.6) is 0 Å². The predicted octanol–water partition coefficient (Wildman–Crippen LogP) is 2.87. The molecule has 1 aromatic heterocycles. The van der Waals surface area contributed by atoms with Crippen LogP contribution in [0.2, 0.25) is 0 Å². The molecule has 9 heteroatoms. The number of hydrogen-bond donors (Lipinski definition) is 1. The van der Waals surface area contributed by atoms with Crippen LogP contribution < -0.4 is 11.4 Å². The number of nitrogens with two attached hydrogens (primary N) is 1. The summed E-state index contributed by atoms with van der Waals surface area (Å²) in [5, 5.41) is 9.40. The summed E-state index contributed by atoms with van der Waals surface area (Å²) < 4.78 is 17.7. The summed E-state index contributed by atoms with van der Waals surface area (Å²) in [7, 11) is 0. The molecule has 9 nitrogen and oxygen atoms in total. The fourth-order valence-electron chi connectivity index (χ4n) is 3.43. The van der Waals surface area contributed by atoms with Crippen LogP contribution in [0.3, 0.4) is 0 Å². The Kier molecular flexibility index (Phi) is 8.02. The fraction of sp³-hybridized carbons (Fsp3) is 0.700. The molecule has 29 heavy (non-hydrogen) atoms. The SMILES string of the molecule is CC(C)CC(CC(C)C)OC(=O)OC[C@@H]1C[C@H](C#N)[C@H](n2ccc(N)nc2=O)O1. The van der Waals surface area contributed by atoms with E-state index in [9.17, 15) is 14.9 Å². The topological polar surface area (TPSA) is 129 Å². The molecule has 2 N–H and O–H groups in total. The molecule has 1 aromatic rings. The van der Waals surface area contributed by atoms with Gasteiger partial charge in [0.15, 0.2) is 6.23 Å². The van der Waals surface area contributed by atoms with Gasteiger partial charge in [0.1, 0.15) is 18.5 Å². The number of nitrogen functional groups attached to an aromatic ring is 1. The van der Waals surface area contributed by atoms with Gasteiger partial charge in [0.2, 0.25) is 0 Å². The molecule has 0 unspecified atom stereocenters. The molecule has 0 radical (unpaired) electrons. The van der Waals surface area contributed by atoms with E-state index in [-0.39, 0.29) is 18.5 Å². The summed E-state index contributed by atoms with van der Waals surface area (Å²) in [6.45, 7) is 8.24. The van der Waals surface area contributed by atoms with Crippen LogP contribution in [0.15, 0.2) is 17.1 Å². The average Bonchev–Trinajstić information content (AvgIpc) is 3.02. The lowest BCUT2D eigenvalue weighted by Crippen LogP contribution is -2.30. The molecule has 0 aromatic carbocycles. The standard InChI is InChI=1S/C20H30N4O5/c1-12(2)7-15(8-13(3)4)29-20(26)27-11-16-9-14(10-21)18(28-16)24-6-5-17(22)23-19(24)25/h5-6,12-16,18H,7-9,11H2,1-4H3,(H2,22,23,25)/t14-,16+,18-/m1/s1. The molecule has 1 fully saturated rings. The molecule has 0 amide bonds. The zero-order valence-electron chi connectivity index (χ0n) is 17.4. The number of rotatable bonds is 8. The van der Waals surface area contributed by atoms with Gasteiger partial charge in [0.25, 0.3) is 0 Å². The van der Waals surface area contributed by atoms with Gasteiger partial charge in [-0.3, -0.25) is 4.57 Å². The van der Waals surface area contributed by atoms with Gasteiger partial charge >= 0.3 is 11.8 Å². The maximum Gasteiger partial charge on any atom is 0.508 e. The van der Waals surface area contributed by atoms with Gasteiger partial charge in [-0.1, -0.05) is 27.7 Å². The van der Waals surface area contributed by atoms with Crippen LogP contribution in [0.4, 0.5) is 10.6 Å². The smallest absolute Gasteiger partial charge is 0.432 e. The molecule has 3 atom stereocenters. The summed E-state index contributed by atoms with van der Waals surface area (Å²) >= 11 is 0. The van der Waals surface area contributed by atoms with Crippen molar-refractivity contribution in [2.45, 2.75) is 65.4 Å². The minimum Gasteiger partial charge on any atom is -0.432 e. The first-order valence-corrected chi connectivity index (χ1v) is 9.92. The molecule has 0 aliphatic carbocycles. The lowest BCUT2D eigenvalue weighted by molar-refractivity contribution is -0.0517. The van der Waals surface area contributed by atoms with Crippen molar-refractivity contribution in [2.24, 2.45) is 17.8 Å². The van der Waals surface area contributed by atoms with E-state index in [1.807, 2.05) is 0 Å². The zero-order chi connectivity index (χ0) is 21.6. The molecule has 1 aliphatic rings. The van der Waals surface area contributed by atoms with Gasteiger partial charge in [-0.2, -0.15) is 10.2 Å². The largest absolute Gasteiger partial charge is 0.508 e. The summed E-state index contributed by atoms with van der Waals surface area (Å²) in [5.41, 5.74) is 4.90. The van der Waals surface area contributed by atoms with Gasteiger partial charge in [0, 0.05) is 6.20 Å². The lowest BCUT2D eigenvalue weighted by atomic mass is 9.98. The van der Waals surface area contributed by atoms with E-state index in [0.717, 1.165) is 12.8 Å². The van der Waals surface area contributed by atoms with E-state index in [0.29, 0.717) is 18.3 Å². The third-order valence-corrected chi connectivity index (χ3v) is 4.60. The highest BCUT2D eigenvalue weighted by Gasteiger charge is 2.38. The second-order valence-corrected chi connectivity index (χ2v) is 8.22. The van der Waals surface area contributed by atoms with E-state index >= 15 is 0 Å². The number of carbonyl (C=O) groups is 1. The van der Waals surface area contributed by atoms with Crippen molar-refractivity contribution in [3.63, 3.8) is 0 Å². The van der Waals surface area contributed by atoms with Crippen LogP contribution in [0.1, 0.15) is 53.2 Å². The molecule has 0 bridgehead atoms. The normalized spacial score (nSPS) is 21.5. The van der Waals surface area contributed by atoms with E-state index < -0.39 is 30.1 Å². The number of anilines is 1. The Hall–Kier alpha value is -2.60. The maximum atomic E-state index is 12.1. The zero-order valence-corrected chi connectivity index (χ0v) is 17.4. The summed E-state index contributed by atoms with van der Waals surface area (Å²) in [4.78, 5) is 27.8. The number of ether oxygens (including phenoxy) is 3. The van der Waals surface area contributed by atoms with Crippen LogP contribution in [0.25, 0.3) is 0 Å². The third-order valence-electron chi connectivity index (χ3n) is 4.60. The van der Waals surface area contributed by atoms with Crippen LogP contribution in [-0.2, 0) is 14.2 Å². The summed E-state index contributed by atoms with van der Waals surface area (Å²) in [6, 6.07) is 3.59. The molecule has 2 rings (SSSR count). The monoisotopic (exact) mass is 406 g/mol. The first-order chi connectivity index (χ1) is 13.7. The van der Waals surface area contributed by atoms with Crippen molar-refractivity contribution in [3.05, 3.63) is 22.7 Å². The molecule has 1 saturated heterocycles. The predicted molar refractivity (Wildman–Crippen MR) is 106 cm³/mol. The van der Waals surface area contributed by atoms with Gasteiger partial charge in [0.05, 0.1) is 18.1 Å². The Morgan fingerprint density at radius 2 is 2.03 bits per heavy atom. The van der Waals surface area contributed by atoms with E-state index in [1.165, 1.54) is 16.8 Å². The van der Waals surface area contributed by atoms with Crippen LogP contribution in [0, 0.1) is 29.1 Å². The molecule has 1 aliphatic heterocycles. The van der Waals surface area contributed by atoms with Crippen molar-refractivity contribution < 1.29 is 19.0 Å². The Bertz CT molecular complexity index is 776. The average molecular weight is 406 g/mol. The summed E-state index contributed by atoms with van der Waals surface area (Å²) in [6.07, 6.45) is 1.02. The Morgan fingerprint density at radius 1 is 1.38 bits per heavy atom. The van der Waals surface area contributed by atoms with Crippen molar-refractivity contribution in [3.8, 4) is 6.07 Å². The van der Waals surface area contributed by atoms with Crippen LogP contribution in [-0.4, -0.2) is 34.5 Å². The maximum absolute atomic E-state index is 12.1. The number of nitriles is 1. The van der Waals surface area contributed by atoms with Crippen molar-refractivity contribution in [2.75, 3.05) is 12.3 Å². The quantitative estimate of drug-likeness (QED) is 0.652. The number of aromatic nitrogens is 2. The van der Waals surface area contributed by atoms with Crippen LogP contribution >= 0.6 is 0 Å². The second kappa shape index (κ2) is 10.3. The molecule has 0 saturated carbocycles. The third kappa shape index (κ3) is 6.75. The number of carbonyl (C=O) groups excluding carboxylic acids is 1. The number of hydrogen-bond acceptors (Lipinski definition) is 8. The van der Waals surface area contributed by atoms with Gasteiger partial charge in [-0.25, -0.2) is 9.59 Å². The highest BCUT2D eigenvalue weighted by molar-refractivity contribution is 5.60. The minimum atomic E-state index is -0.806. The number of nitrogens with zero attached hydrogens (tertiary/aromatic N) is 3. The summed E-state index contributed by atoms with van der Waals surface area (Å²) in [5.74, 6) is 0.317. The molecule has 160 valence electrons. The molecule has 0 spiro atoms.